The topological polar surface area (TPSA) is 87.4 Å². The second-order valence-corrected chi connectivity index (χ2v) is 5.75. The summed E-state index contributed by atoms with van der Waals surface area (Å²) >= 11 is 0. The van der Waals surface area contributed by atoms with Gasteiger partial charge in [-0.2, -0.15) is 5.10 Å². The number of anilines is 1. The average Bonchev–Trinajstić information content (AvgIpc) is 3.01. The third kappa shape index (κ3) is 3.10. The van der Waals surface area contributed by atoms with Crippen LogP contribution in [0.5, 0.6) is 0 Å². The quantitative estimate of drug-likeness (QED) is 0.440. The molecule has 3 aromatic heterocycles. The van der Waals surface area contributed by atoms with Crippen LogP contribution in [-0.2, 0) is 0 Å². The molecule has 0 radical (unpaired) electrons. The Bertz CT molecular complexity index is 1140. The molecule has 0 saturated carbocycles. The standard InChI is InChI=1S/C19H16N6O/c1-13-11-17(26)23-19(21-13)24-20-12-15-18(14-7-3-2-4-8-14)22-16-9-5-6-10-25(15)16/h2-12H,1H3,(H2,21,23,24,26). The van der Waals surface area contributed by atoms with E-state index in [1.54, 1.807) is 13.1 Å². The first-order valence-corrected chi connectivity index (χ1v) is 8.10. The molecule has 0 amide bonds. The highest BCUT2D eigenvalue weighted by Crippen LogP contribution is 2.23. The molecule has 2 N–H and O–H groups in total. The molecule has 7 nitrogen and oxygen atoms in total. The first-order chi connectivity index (χ1) is 12.7. The summed E-state index contributed by atoms with van der Waals surface area (Å²) in [5.41, 5.74) is 6.64. The highest BCUT2D eigenvalue weighted by Gasteiger charge is 2.11. The molecule has 0 bridgehead atoms. The van der Waals surface area contributed by atoms with Gasteiger partial charge in [0.15, 0.2) is 0 Å². The maximum absolute atomic E-state index is 11.5. The molecular weight excluding hydrogens is 328 g/mol. The third-order valence-electron chi connectivity index (χ3n) is 3.84. The summed E-state index contributed by atoms with van der Waals surface area (Å²) in [6.45, 7) is 1.75. The van der Waals surface area contributed by atoms with Crippen LogP contribution in [0.15, 0.2) is 70.7 Å². The van der Waals surface area contributed by atoms with Gasteiger partial charge in [0.1, 0.15) is 5.65 Å². The zero-order valence-electron chi connectivity index (χ0n) is 14.0. The number of aromatic nitrogens is 4. The number of pyridine rings is 1. The molecule has 7 heteroatoms. The minimum absolute atomic E-state index is 0.227. The molecule has 0 unspecified atom stereocenters. The molecule has 0 spiro atoms. The number of fused-ring (bicyclic) bond motifs is 1. The monoisotopic (exact) mass is 344 g/mol. The van der Waals surface area contributed by atoms with Gasteiger partial charge in [0.2, 0.25) is 5.95 Å². The van der Waals surface area contributed by atoms with Gasteiger partial charge >= 0.3 is 0 Å². The van der Waals surface area contributed by atoms with E-state index in [2.05, 4.69) is 20.5 Å². The second kappa shape index (κ2) is 6.64. The Labute approximate surface area is 149 Å². The van der Waals surface area contributed by atoms with Crippen LogP contribution in [0.4, 0.5) is 5.95 Å². The molecule has 0 aliphatic rings. The number of benzene rings is 1. The number of nitrogens with zero attached hydrogens (tertiary/aromatic N) is 4. The van der Waals surface area contributed by atoms with Gasteiger partial charge in [-0.3, -0.25) is 14.2 Å². The summed E-state index contributed by atoms with van der Waals surface area (Å²) in [5, 5.41) is 4.23. The molecule has 3 heterocycles. The van der Waals surface area contributed by atoms with Crippen LogP contribution in [0.1, 0.15) is 11.4 Å². The van der Waals surface area contributed by atoms with Gasteiger partial charge in [0.05, 0.1) is 17.6 Å². The van der Waals surface area contributed by atoms with Gasteiger partial charge in [-0.15, -0.1) is 0 Å². The summed E-state index contributed by atoms with van der Waals surface area (Å²) in [6.07, 6.45) is 3.60. The molecule has 0 aliphatic carbocycles. The molecule has 4 aromatic rings. The van der Waals surface area contributed by atoms with Gasteiger partial charge in [0.25, 0.3) is 5.56 Å². The smallest absolute Gasteiger partial charge is 0.252 e. The predicted molar refractivity (Wildman–Crippen MR) is 101 cm³/mol. The van der Waals surface area contributed by atoms with Crippen molar-refractivity contribution in [1.82, 2.24) is 19.4 Å². The van der Waals surface area contributed by atoms with Crippen molar-refractivity contribution in [2.45, 2.75) is 6.92 Å². The Morgan fingerprint density at radius 1 is 1.12 bits per heavy atom. The number of nitrogens with one attached hydrogen (secondary N) is 2. The van der Waals surface area contributed by atoms with Crippen molar-refractivity contribution in [1.29, 1.82) is 0 Å². The second-order valence-electron chi connectivity index (χ2n) is 5.75. The van der Waals surface area contributed by atoms with E-state index in [1.165, 1.54) is 6.07 Å². The molecule has 1 aromatic carbocycles. The van der Waals surface area contributed by atoms with Crippen molar-refractivity contribution in [2.75, 3.05) is 5.43 Å². The summed E-state index contributed by atoms with van der Waals surface area (Å²) in [6, 6.07) is 17.2. The SMILES string of the molecule is Cc1cc(=O)[nH]c(NN=Cc2c(-c3ccccc3)nc3ccccn23)n1. The van der Waals surface area contributed by atoms with E-state index in [4.69, 9.17) is 4.98 Å². The molecule has 0 aliphatic heterocycles. The fraction of sp³-hybridized carbons (Fsp3) is 0.0526. The number of H-pyrrole nitrogens is 1. The Morgan fingerprint density at radius 2 is 1.92 bits per heavy atom. The zero-order valence-corrected chi connectivity index (χ0v) is 14.0. The van der Waals surface area contributed by atoms with Gasteiger partial charge in [0, 0.05) is 23.5 Å². The number of rotatable bonds is 4. The van der Waals surface area contributed by atoms with Crippen LogP contribution in [0.2, 0.25) is 0 Å². The van der Waals surface area contributed by atoms with Crippen LogP contribution in [0.25, 0.3) is 16.9 Å². The van der Waals surface area contributed by atoms with Crippen LogP contribution >= 0.6 is 0 Å². The minimum atomic E-state index is -0.227. The lowest BCUT2D eigenvalue weighted by atomic mass is 10.1. The maximum Gasteiger partial charge on any atom is 0.252 e. The molecule has 0 atom stereocenters. The van der Waals surface area contributed by atoms with Crippen LogP contribution in [0.3, 0.4) is 0 Å². The number of imidazole rings is 1. The van der Waals surface area contributed by atoms with Crippen molar-refractivity contribution in [3.05, 3.63) is 82.5 Å². The van der Waals surface area contributed by atoms with E-state index in [0.717, 1.165) is 22.6 Å². The van der Waals surface area contributed by atoms with Crippen molar-refractivity contribution in [2.24, 2.45) is 5.10 Å². The normalized spacial score (nSPS) is 11.3. The van der Waals surface area contributed by atoms with E-state index >= 15 is 0 Å². The Kier molecular flexibility index (Phi) is 4.03. The Morgan fingerprint density at radius 3 is 2.73 bits per heavy atom. The van der Waals surface area contributed by atoms with E-state index in [0.29, 0.717) is 11.6 Å². The van der Waals surface area contributed by atoms with Crippen molar-refractivity contribution < 1.29 is 0 Å². The number of hydrazone groups is 1. The first kappa shape index (κ1) is 15.8. The van der Waals surface area contributed by atoms with Gasteiger partial charge in [-0.25, -0.2) is 15.4 Å². The zero-order chi connectivity index (χ0) is 17.9. The largest absolute Gasteiger partial charge is 0.298 e. The van der Waals surface area contributed by atoms with Crippen molar-refractivity contribution >= 4 is 17.8 Å². The van der Waals surface area contributed by atoms with Gasteiger partial charge in [-0.05, 0) is 19.1 Å². The lowest BCUT2D eigenvalue weighted by Crippen LogP contribution is -2.10. The fourth-order valence-electron chi connectivity index (χ4n) is 2.73. The number of aromatic amines is 1. The van der Waals surface area contributed by atoms with E-state index in [-0.39, 0.29) is 5.56 Å². The minimum Gasteiger partial charge on any atom is -0.298 e. The van der Waals surface area contributed by atoms with Crippen molar-refractivity contribution in [3.63, 3.8) is 0 Å². The highest BCUT2D eigenvalue weighted by molar-refractivity contribution is 5.89. The molecule has 0 fully saturated rings. The van der Waals surface area contributed by atoms with Gasteiger partial charge < -0.3 is 0 Å². The van der Waals surface area contributed by atoms with Crippen LogP contribution in [-0.4, -0.2) is 25.6 Å². The maximum atomic E-state index is 11.5. The van der Waals surface area contributed by atoms with Crippen LogP contribution < -0.4 is 11.0 Å². The summed E-state index contributed by atoms with van der Waals surface area (Å²) in [5.74, 6) is 0.293. The third-order valence-corrected chi connectivity index (χ3v) is 3.84. The number of hydrogen-bond donors (Lipinski definition) is 2. The number of hydrogen-bond acceptors (Lipinski definition) is 5. The molecule has 26 heavy (non-hydrogen) atoms. The molecular formula is C19H16N6O. The first-order valence-electron chi connectivity index (χ1n) is 8.10. The van der Waals surface area contributed by atoms with E-state index in [9.17, 15) is 4.79 Å². The average molecular weight is 344 g/mol. The summed E-state index contributed by atoms with van der Waals surface area (Å²) < 4.78 is 1.96. The number of aryl methyl sites for hydroxylation is 1. The van der Waals surface area contributed by atoms with Gasteiger partial charge in [-0.1, -0.05) is 36.4 Å². The summed E-state index contributed by atoms with van der Waals surface area (Å²) in [7, 11) is 0. The lowest BCUT2D eigenvalue weighted by Gasteiger charge is -2.02. The highest BCUT2D eigenvalue weighted by atomic mass is 16.1. The molecule has 128 valence electrons. The molecule has 0 saturated heterocycles. The predicted octanol–water partition coefficient (Wildman–Crippen LogP) is 2.84. The summed E-state index contributed by atoms with van der Waals surface area (Å²) in [4.78, 5) is 23.0. The molecule has 4 rings (SSSR count). The van der Waals surface area contributed by atoms with E-state index in [1.807, 2.05) is 59.1 Å². The Balaban J connectivity index is 1.74. The van der Waals surface area contributed by atoms with E-state index < -0.39 is 0 Å². The van der Waals surface area contributed by atoms with Crippen molar-refractivity contribution in [3.8, 4) is 11.3 Å². The lowest BCUT2D eigenvalue weighted by molar-refractivity contribution is 1.04. The fourth-order valence-corrected chi connectivity index (χ4v) is 2.73. The Hall–Kier alpha value is -3.74. The van der Waals surface area contributed by atoms with Crippen LogP contribution in [0, 0.1) is 6.92 Å².